The average Bonchev–Trinajstić information content (AvgIpc) is 2.57. The van der Waals surface area contributed by atoms with Crippen molar-refractivity contribution in [1.82, 2.24) is 10.2 Å². The van der Waals surface area contributed by atoms with Crippen LogP contribution in [-0.2, 0) is 6.42 Å². The number of benzene rings is 1. The summed E-state index contributed by atoms with van der Waals surface area (Å²) in [5, 5.41) is 9.26. The Hall–Kier alpha value is -1.08. The number of anilines is 1. The molecule has 3 heterocycles. The SMILES string of the molecule is Clc1cccc2c1CCC1(CCN(c3ccc(I)nn3)CC1)O2. The van der Waals surface area contributed by atoms with Gasteiger partial charge in [0.05, 0.1) is 0 Å². The normalized spacial score (nSPS) is 19.3. The van der Waals surface area contributed by atoms with E-state index in [1.807, 2.05) is 30.3 Å². The molecule has 4 nitrogen and oxygen atoms in total. The highest BCUT2D eigenvalue weighted by Gasteiger charge is 2.40. The highest BCUT2D eigenvalue weighted by Crippen LogP contribution is 2.42. The second kappa shape index (κ2) is 6.09. The van der Waals surface area contributed by atoms with Crippen molar-refractivity contribution >= 4 is 40.0 Å². The molecule has 0 radical (unpaired) electrons. The van der Waals surface area contributed by atoms with E-state index in [9.17, 15) is 0 Å². The third-order valence-electron chi connectivity index (χ3n) is 4.85. The maximum atomic E-state index is 6.40. The van der Waals surface area contributed by atoms with Crippen LogP contribution in [0.15, 0.2) is 30.3 Å². The summed E-state index contributed by atoms with van der Waals surface area (Å²) in [7, 11) is 0. The lowest BCUT2D eigenvalue weighted by Crippen LogP contribution is -2.50. The van der Waals surface area contributed by atoms with E-state index in [4.69, 9.17) is 16.3 Å². The van der Waals surface area contributed by atoms with Crippen molar-refractivity contribution in [1.29, 1.82) is 0 Å². The molecule has 1 spiro atoms. The van der Waals surface area contributed by atoms with Crippen LogP contribution in [0.1, 0.15) is 24.8 Å². The number of halogens is 2. The Kier molecular flexibility index (Phi) is 4.09. The van der Waals surface area contributed by atoms with E-state index in [2.05, 4.69) is 37.7 Å². The zero-order valence-corrected chi connectivity index (χ0v) is 15.5. The minimum atomic E-state index is -0.0508. The standard InChI is InChI=1S/C17H17ClIN3O/c18-13-2-1-3-14-12(13)6-7-17(23-14)8-10-22(11-9-17)16-5-4-15(19)20-21-16/h1-5H,6-11H2. The van der Waals surface area contributed by atoms with Crippen LogP contribution in [0.3, 0.4) is 0 Å². The first kappa shape index (κ1) is 15.4. The highest BCUT2D eigenvalue weighted by molar-refractivity contribution is 14.1. The van der Waals surface area contributed by atoms with Gasteiger partial charge in [-0.25, -0.2) is 0 Å². The average molecular weight is 442 g/mol. The molecule has 1 aromatic heterocycles. The lowest BCUT2D eigenvalue weighted by Gasteiger charge is -2.45. The summed E-state index contributed by atoms with van der Waals surface area (Å²) in [6.45, 7) is 1.90. The van der Waals surface area contributed by atoms with E-state index in [-0.39, 0.29) is 5.60 Å². The van der Waals surface area contributed by atoms with E-state index in [1.165, 1.54) is 0 Å². The van der Waals surface area contributed by atoms with Crippen LogP contribution in [-0.4, -0.2) is 28.9 Å². The predicted molar refractivity (Wildman–Crippen MR) is 99.3 cm³/mol. The van der Waals surface area contributed by atoms with Gasteiger partial charge in [-0.2, -0.15) is 0 Å². The van der Waals surface area contributed by atoms with Crippen LogP contribution in [0.2, 0.25) is 5.02 Å². The number of hydrogen-bond acceptors (Lipinski definition) is 4. The Morgan fingerprint density at radius 3 is 2.65 bits per heavy atom. The van der Waals surface area contributed by atoms with Crippen molar-refractivity contribution in [2.75, 3.05) is 18.0 Å². The second-order valence-electron chi connectivity index (χ2n) is 6.20. The van der Waals surface area contributed by atoms with Gasteiger partial charge in [-0.1, -0.05) is 17.7 Å². The van der Waals surface area contributed by atoms with Gasteiger partial charge in [-0.05, 0) is 59.7 Å². The van der Waals surface area contributed by atoms with E-state index < -0.39 is 0 Å². The van der Waals surface area contributed by atoms with Gasteiger partial charge in [0.2, 0.25) is 0 Å². The maximum absolute atomic E-state index is 6.40. The lowest BCUT2D eigenvalue weighted by atomic mass is 9.83. The molecule has 0 atom stereocenters. The van der Waals surface area contributed by atoms with Crippen molar-refractivity contribution < 1.29 is 4.74 Å². The summed E-state index contributed by atoms with van der Waals surface area (Å²) in [6, 6.07) is 10.0. The molecule has 1 fully saturated rings. The summed E-state index contributed by atoms with van der Waals surface area (Å²) in [6.07, 6.45) is 4.05. The Morgan fingerprint density at radius 2 is 1.91 bits per heavy atom. The number of piperidine rings is 1. The first-order valence-electron chi connectivity index (χ1n) is 7.86. The quantitative estimate of drug-likeness (QED) is 0.625. The molecule has 2 aliphatic rings. The van der Waals surface area contributed by atoms with Gasteiger partial charge < -0.3 is 9.64 Å². The van der Waals surface area contributed by atoms with Crippen LogP contribution in [0.4, 0.5) is 5.82 Å². The number of nitrogens with zero attached hydrogens (tertiary/aromatic N) is 3. The van der Waals surface area contributed by atoms with Crippen molar-refractivity contribution in [3.05, 3.63) is 44.6 Å². The van der Waals surface area contributed by atoms with Gasteiger partial charge in [0.1, 0.15) is 15.1 Å². The molecule has 0 N–H and O–H groups in total. The zero-order valence-electron chi connectivity index (χ0n) is 12.6. The van der Waals surface area contributed by atoms with Gasteiger partial charge in [0.25, 0.3) is 0 Å². The zero-order chi connectivity index (χ0) is 15.9. The van der Waals surface area contributed by atoms with E-state index in [0.29, 0.717) is 0 Å². The molecule has 0 unspecified atom stereocenters. The molecule has 120 valence electrons. The van der Waals surface area contributed by atoms with Gasteiger partial charge in [-0.3, -0.25) is 0 Å². The van der Waals surface area contributed by atoms with Crippen LogP contribution in [0.25, 0.3) is 0 Å². The maximum Gasteiger partial charge on any atom is 0.151 e. The Balaban J connectivity index is 1.48. The number of hydrogen-bond donors (Lipinski definition) is 0. The van der Waals surface area contributed by atoms with E-state index in [0.717, 1.165) is 64.6 Å². The molecule has 0 amide bonds. The minimum Gasteiger partial charge on any atom is -0.487 e. The number of fused-ring (bicyclic) bond motifs is 1. The minimum absolute atomic E-state index is 0.0508. The first-order valence-corrected chi connectivity index (χ1v) is 9.32. The molecule has 2 aromatic rings. The van der Waals surface area contributed by atoms with Gasteiger partial charge in [0.15, 0.2) is 5.82 Å². The lowest BCUT2D eigenvalue weighted by molar-refractivity contribution is 0.0225. The van der Waals surface area contributed by atoms with Crippen molar-refractivity contribution in [3.63, 3.8) is 0 Å². The molecule has 1 saturated heterocycles. The fourth-order valence-corrected chi connectivity index (χ4v) is 4.04. The van der Waals surface area contributed by atoms with E-state index >= 15 is 0 Å². The van der Waals surface area contributed by atoms with Gasteiger partial charge in [0, 0.05) is 36.5 Å². The summed E-state index contributed by atoms with van der Waals surface area (Å²) in [4.78, 5) is 2.30. The molecule has 0 saturated carbocycles. The summed E-state index contributed by atoms with van der Waals surface area (Å²) in [5.74, 6) is 1.92. The third-order valence-corrected chi connectivity index (χ3v) is 5.78. The number of aromatic nitrogens is 2. The fraction of sp³-hybridized carbons (Fsp3) is 0.412. The van der Waals surface area contributed by atoms with Crippen LogP contribution in [0, 0.1) is 3.70 Å². The monoisotopic (exact) mass is 441 g/mol. The molecular formula is C17H17ClIN3O. The summed E-state index contributed by atoms with van der Waals surface area (Å²) >= 11 is 8.46. The van der Waals surface area contributed by atoms with Gasteiger partial charge in [-0.15, -0.1) is 10.2 Å². The largest absolute Gasteiger partial charge is 0.487 e. The smallest absolute Gasteiger partial charge is 0.151 e. The Morgan fingerprint density at radius 1 is 1.09 bits per heavy atom. The van der Waals surface area contributed by atoms with Crippen LogP contribution < -0.4 is 9.64 Å². The molecule has 2 aliphatic heterocycles. The van der Waals surface area contributed by atoms with Crippen molar-refractivity contribution in [2.45, 2.75) is 31.3 Å². The molecule has 23 heavy (non-hydrogen) atoms. The van der Waals surface area contributed by atoms with Gasteiger partial charge >= 0.3 is 0 Å². The van der Waals surface area contributed by atoms with E-state index in [1.54, 1.807) is 0 Å². The number of rotatable bonds is 1. The molecule has 4 rings (SSSR count). The Bertz CT molecular complexity index is 714. The molecule has 6 heteroatoms. The van der Waals surface area contributed by atoms with Crippen LogP contribution >= 0.6 is 34.2 Å². The fourth-order valence-electron chi connectivity index (χ4n) is 3.49. The first-order chi connectivity index (χ1) is 11.2. The topological polar surface area (TPSA) is 38.2 Å². The molecule has 0 bridgehead atoms. The summed E-state index contributed by atoms with van der Waals surface area (Å²) < 4.78 is 7.32. The molecule has 1 aromatic carbocycles. The third kappa shape index (κ3) is 3.01. The van der Waals surface area contributed by atoms with Crippen molar-refractivity contribution in [2.24, 2.45) is 0 Å². The predicted octanol–water partition coefficient (Wildman–Crippen LogP) is 4.10. The second-order valence-corrected chi connectivity index (χ2v) is 7.72. The molecule has 0 aliphatic carbocycles. The van der Waals surface area contributed by atoms with Crippen LogP contribution in [0.5, 0.6) is 5.75 Å². The molecular weight excluding hydrogens is 425 g/mol. The van der Waals surface area contributed by atoms with Crippen molar-refractivity contribution in [3.8, 4) is 5.75 Å². The number of ether oxygens (including phenoxy) is 1. The summed E-state index contributed by atoms with van der Waals surface area (Å²) in [5.41, 5.74) is 1.11. The highest BCUT2D eigenvalue weighted by atomic mass is 127. The Labute approximate surface area is 154 Å².